The number of carbonyl (C=O) groups is 2. The molecule has 2 aliphatic rings. The van der Waals surface area contributed by atoms with Gasteiger partial charge in [0.15, 0.2) is 5.82 Å². The molecule has 7 nitrogen and oxygen atoms in total. The van der Waals surface area contributed by atoms with Crippen molar-refractivity contribution in [3.05, 3.63) is 17.2 Å². The number of unbranched alkanes of at least 4 members (excludes halogenated alkanes) is 1. The van der Waals surface area contributed by atoms with E-state index in [0.29, 0.717) is 11.5 Å². The van der Waals surface area contributed by atoms with Crippen LogP contribution in [0.4, 0.5) is 0 Å². The van der Waals surface area contributed by atoms with Crippen molar-refractivity contribution >= 4 is 11.8 Å². The molecule has 7 heteroatoms. The van der Waals surface area contributed by atoms with E-state index in [0.717, 1.165) is 83.6 Å². The molecule has 3 rings (SSSR count). The fourth-order valence-electron chi connectivity index (χ4n) is 3.96. The largest absolute Gasteiger partial charge is 0.340 e. The van der Waals surface area contributed by atoms with E-state index in [4.69, 9.17) is 0 Å². The predicted molar refractivity (Wildman–Crippen MR) is 105 cm³/mol. The van der Waals surface area contributed by atoms with Crippen molar-refractivity contribution in [1.29, 1.82) is 0 Å². The summed E-state index contributed by atoms with van der Waals surface area (Å²) in [5.41, 5.74) is 1.44. The number of carbonyl (C=O) groups excluding carboxylic acids is 2. The summed E-state index contributed by atoms with van der Waals surface area (Å²) in [6, 6.07) is 0. The van der Waals surface area contributed by atoms with Gasteiger partial charge in [0.05, 0.1) is 5.69 Å². The molecule has 1 fully saturated rings. The van der Waals surface area contributed by atoms with Gasteiger partial charge in [-0.3, -0.25) is 9.59 Å². The highest BCUT2D eigenvalue weighted by Crippen LogP contribution is 2.23. The van der Waals surface area contributed by atoms with Gasteiger partial charge in [-0.25, -0.2) is 4.98 Å². The van der Waals surface area contributed by atoms with Crippen LogP contribution >= 0.6 is 0 Å². The van der Waals surface area contributed by atoms with Crippen LogP contribution in [0.25, 0.3) is 0 Å². The highest BCUT2D eigenvalue weighted by Gasteiger charge is 2.31. The zero-order valence-corrected chi connectivity index (χ0v) is 17.0. The standard InChI is InChI=1S/C20H33N5O2/c1-4-6-10-22(3)19(26)17-16-9-7-8-11-25(16)18(21-17)20(27)24-14-12-23(5-2)13-15-24/h4-15H2,1-3H3. The maximum absolute atomic E-state index is 13.1. The van der Waals surface area contributed by atoms with Crippen LogP contribution in [0, 0.1) is 0 Å². The SMILES string of the molecule is CCCCN(C)C(=O)c1nc(C(=O)N2CCN(CC)CC2)n2c1CCCC2. The third kappa shape index (κ3) is 4.18. The summed E-state index contributed by atoms with van der Waals surface area (Å²) in [5.74, 6) is 0.384. The van der Waals surface area contributed by atoms with Crippen LogP contribution in [0.3, 0.4) is 0 Å². The maximum atomic E-state index is 13.1. The van der Waals surface area contributed by atoms with Crippen LogP contribution in [0.5, 0.6) is 0 Å². The van der Waals surface area contributed by atoms with Gasteiger partial charge in [0.2, 0.25) is 0 Å². The summed E-state index contributed by atoms with van der Waals surface area (Å²) in [7, 11) is 1.83. The van der Waals surface area contributed by atoms with Gasteiger partial charge >= 0.3 is 0 Å². The van der Waals surface area contributed by atoms with E-state index in [2.05, 4.69) is 23.7 Å². The van der Waals surface area contributed by atoms with E-state index in [9.17, 15) is 9.59 Å². The fraction of sp³-hybridized carbons (Fsp3) is 0.750. The van der Waals surface area contributed by atoms with Crippen LogP contribution in [-0.4, -0.2) is 82.4 Å². The molecule has 3 heterocycles. The first kappa shape index (κ1) is 19.9. The quantitative estimate of drug-likeness (QED) is 0.762. The van der Waals surface area contributed by atoms with Gasteiger partial charge in [-0.2, -0.15) is 0 Å². The molecule has 1 saturated heterocycles. The van der Waals surface area contributed by atoms with Gasteiger partial charge in [-0.15, -0.1) is 0 Å². The molecule has 0 saturated carbocycles. The molecule has 0 aromatic carbocycles. The molecule has 150 valence electrons. The third-order valence-corrected chi connectivity index (χ3v) is 5.81. The Labute approximate surface area is 162 Å². The van der Waals surface area contributed by atoms with Gasteiger partial charge < -0.3 is 19.3 Å². The number of hydrogen-bond acceptors (Lipinski definition) is 4. The molecular formula is C20H33N5O2. The number of nitrogens with zero attached hydrogens (tertiary/aromatic N) is 5. The maximum Gasteiger partial charge on any atom is 0.289 e. The number of fused-ring (bicyclic) bond motifs is 1. The minimum absolute atomic E-state index is 0.0239. The van der Waals surface area contributed by atoms with Crippen molar-refractivity contribution in [2.24, 2.45) is 0 Å². The van der Waals surface area contributed by atoms with E-state index in [1.807, 2.05) is 16.5 Å². The van der Waals surface area contributed by atoms with Crippen LogP contribution in [-0.2, 0) is 13.0 Å². The Kier molecular flexibility index (Phi) is 6.52. The first-order valence-electron chi connectivity index (χ1n) is 10.4. The smallest absolute Gasteiger partial charge is 0.289 e. The average molecular weight is 376 g/mol. The molecule has 27 heavy (non-hydrogen) atoms. The first-order chi connectivity index (χ1) is 13.1. The fourth-order valence-corrected chi connectivity index (χ4v) is 3.96. The van der Waals surface area contributed by atoms with Crippen molar-refractivity contribution in [3.8, 4) is 0 Å². The minimum Gasteiger partial charge on any atom is -0.340 e. The summed E-state index contributed by atoms with van der Waals surface area (Å²) in [4.78, 5) is 36.7. The molecule has 0 spiro atoms. The summed E-state index contributed by atoms with van der Waals surface area (Å²) in [6.07, 6.45) is 4.94. The minimum atomic E-state index is -0.0519. The Morgan fingerprint density at radius 3 is 2.48 bits per heavy atom. The number of rotatable bonds is 6. The lowest BCUT2D eigenvalue weighted by Crippen LogP contribution is -2.49. The summed E-state index contributed by atoms with van der Waals surface area (Å²) < 4.78 is 2.01. The monoisotopic (exact) mass is 375 g/mol. The van der Waals surface area contributed by atoms with Crippen molar-refractivity contribution in [2.45, 2.75) is 52.5 Å². The average Bonchev–Trinajstić information content (AvgIpc) is 3.10. The van der Waals surface area contributed by atoms with E-state index < -0.39 is 0 Å². The number of hydrogen-bond donors (Lipinski definition) is 0. The molecule has 2 amide bonds. The lowest BCUT2D eigenvalue weighted by atomic mass is 10.1. The molecule has 0 radical (unpaired) electrons. The van der Waals surface area contributed by atoms with Gasteiger partial charge in [-0.05, 0) is 32.2 Å². The summed E-state index contributed by atoms with van der Waals surface area (Å²) >= 11 is 0. The van der Waals surface area contributed by atoms with Crippen molar-refractivity contribution < 1.29 is 9.59 Å². The van der Waals surface area contributed by atoms with Crippen molar-refractivity contribution in [3.63, 3.8) is 0 Å². The lowest BCUT2D eigenvalue weighted by Gasteiger charge is -2.34. The van der Waals surface area contributed by atoms with E-state index in [-0.39, 0.29) is 11.8 Å². The molecule has 0 atom stereocenters. The third-order valence-electron chi connectivity index (χ3n) is 5.81. The molecule has 0 bridgehead atoms. The molecule has 0 unspecified atom stereocenters. The lowest BCUT2D eigenvalue weighted by molar-refractivity contribution is 0.0625. The van der Waals surface area contributed by atoms with E-state index >= 15 is 0 Å². The predicted octanol–water partition coefficient (Wildman–Crippen LogP) is 1.87. The summed E-state index contributed by atoms with van der Waals surface area (Å²) in [6.45, 7) is 10.1. The van der Waals surface area contributed by atoms with Crippen molar-refractivity contribution in [1.82, 2.24) is 24.3 Å². The zero-order chi connectivity index (χ0) is 19.4. The first-order valence-corrected chi connectivity index (χ1v) is 10.4. The second kappa shape index (κ2) is 8.87. The molecule has 2 aliphatic heterocycles. The van der Waals surface area contributed by atoms with Gasteiger partial charge in [-0.1, -0.05) is 20.3 Å². The van der Waals surface area contributed by atoms with Gasteiger partial charge in [0.25, 0.3) is 11.8 Å². The molecule has 0 aliphatic carbocycles. The van der Waals surface area contributed by atoms with E-state index in [1.54, 1.807) is 4.90 Å². The highest BCUT2D eigenvalue weighted by atomic mass is 16.2. The number of piperazine rings is 1. The Hall–Kier alpha value is -1.89. The number of amides is 2. The molecule has 1 aromatic heterocycles. The zero-order valence-electron chi connectivity index (χ0n) is 17.0. The van der Waals surface area contributed by atoms with Crippen LogP contribution < -0.4 is 0 Å². The van der Waals surface area contributed by atoms with E-state index in [1.165, 1.54) is 0 Å². The Morgan fingerprint density at radius 1 is 1.07 bits per heavy atom. The van der Waals surface area contributed by atoms with Gasteiger partial charge in [0.1, 0.15) is 5.69 Å². The number of aromatic nitrogens is 2. The number of likely N-dealkylation sites (N-methyl/N-ethyl adjacent to an activating group) is 1. The molecule has 1 aromatic rings. The Balaban J connectivity index is 1.83. The topological polar surface area (TPSA) is 61.7 Å². The second-order valence-corrected chi connectivity index (χ2v) is 7.65. The van der Waals surface area contributed by atoms with Gasteiger partial charge in [0, 0.05) is 46.3 Å². The molecular weight excluding hydrogens is 342 g/mol. The Morgan fingerprint density at radius 2 is 1.81 bits per heavy atom. The number of imidazole rings is 1. The Bertz CT molecular complexity index is 676. The van der Waals surface area contributed by atoms with Crippen molar-refractivity contribution in [2.75, 3.05) is 46.3 Å². The van der Waals surface area contributed by atoms with Crippen LogP contribution in [0.1, 0.15) is 66.3 Å². The normalized spacial score (nSPS) is 17.7. The second-order valence-electron chi connectivity index (χ2n) is 7.65. The van der Waals surface area contributed by atoms with Crippen LogP contribution in [0.2, 0.25) is 0 Å². The summed E-state index contributed by atoms with van der Waals surface area (Å²) in [5, 5.41) is 0. The van der Waals surface area contributed by atoms with Crippen LogP contribution in [0.15, 0.2) is 0 Å². The molecule has 0 N–H and O–H groups in total. The highest BCUT2D eigenvalue weighted by molar-refractivity contribution is 5.97.